The summed E-state index contributed by atoms with van der Waals surface area (Å²) >= 11 is 3.59. The van der Waals surface area contributed by atoms with Crippen LogP contribution >= 0.6 is 37.5 Å². The van der Waals surface area contributed by atoms with E-state index >= 15 is 0 Å². The molecule has 0 amide bonds. The second kappa shape index (κ2) is 5.46. The van der Waals surface area contributed by atoms with E-state index in [1.54, 1.807) is 0 Å². The summed E-state index contributed by atoms with van der Waals surface area (Å²) < 4.78 is 1.11. The average Bonchev–Trinajstić information content (AvgIpc) is 2.46. The predicted molar refractivity (Wildman–Crippen MR) is 73.8 cm³/mol. The van der Waals surface area contributed by atoms with Gasteiger partial charge in [-0.25, -0.2) is 4.98 Å². The van der Waals surface area contributed by atoms with Crippen LogP contribution in [0, 0.1) is 6.92 Å². The fraction of sp³-hybridized carbons (Fsp3) is 0.500. The minimum absolute atomic E-state index is 1.09. The van der Waals surface area contributed by atoms with Crippen LogP contribution in [0.1, 0.15) is 5.56 Å². The van der Waals surface area contributed by atoms with Crippen molar-refractivity contribution in [2.45, 2.75) is 6.92 Å². The molecule has 1 aliphatic rings. The van der Waals surface area contributed by atoms with Crippen molar-refractivity contribution in [2.75, 3.05) is 29.5 Å². The summed E-state index contributed by atoms with van der Waals surface area (Å²) in [6, 6.07) is 2.13. The van der Waals surface area contributed by atoms with E-state index < -0.39 is 0 Å². The highest BCUT2D eigenvalue weighted by Crippen LogP contribution is 2.29. The van der Waals surface area contributed by atoms with Crippen molar-refractivity contribution in [3.05, 3.63) is 22.3 Å². The van der Waals surface area contributed by atoms with E-state index in [4.69, 9.17) is 0 Å². The van der Waals surface area contributed by atoms with Crippen LogP contribution in [0.2, 0.25) is 0 Å². The fourth-order valence-electron chi connectivity index (χ4n) is 1.50. The number of aromatic nitrogens is 1. The van der Waals surface area contributed by atoms with Gasteiger partial charge in [-0.05, 0) is 34.5 Å². The predicted octanol–water partition coefficient (Wildman–Crippen LogP) is 3.35. The SMILES string of the molecule is Cc1cnc(N2CCSSCC2)c(Br)c1. The Morgan fingerprint density at radius 1 is 1.33 bits per heavy atom. The molecular formula is C10H13BrN2S2. The van der Waals surface area contributed by atoms with Gasteiger partial charge in [0, 0.05) is 30.8 Å². The van der Waals surface area contributed by atoms with Gasteiger partial charge in [-0.2, -0.15) is 0 Å². The first-order chi connectivity index (χ1) is 7.27. The number of anilines is 1. The van der Waals surface area contributed by atoms with Crippen LogP contribution in [0.3, 0.4) is 0 Å². The average molecular weight is 305 g/mol. The van der Waals surface area contributed by atoms with Gasteiger partial charge < -0.3 is 4.90 Å². The first-order valence-corrected chi connectivity index (χ1v) is 8.17. The van der Waals surface area contributed by atoms with Gasteiger partial charge in [-0.15, -0.1) is 0 Å². The van der Waals surface area contributed by atoms with E-state index in [0.717, 1.165) is 23.4 Å². The molecule has 1 aliphatic heterocycles. The molecule has 0 bridgehead atoms. The summed E-state index contributed by atoms with van der Waals surface area (Å²) in [5.41, 5.74) is 1.20. The van der Waals surface area contributed by atoms with Gasteiger partial charge in [0.2, 0.25) is 0 Å². The number of halogens is 1. The Morgan fingerprint density at radius 2 is 2.00 bits per heavy atom. The standard InChI is InChI=1S/C10H13BrN2S2/c1-8-6-9(11)10(12-7-8)13-2-4-14-15-5-3-13/h6-7H,2-5H2,1H3. The van der Waals surface area contributed by atoms with Crippen molar-refractivity contribution >= 4 is 43.3 Å². The number of nitrogens with zero attached hydrogens (tertiary/aromatic N) is 2. The molecule has 0 saturated carbocycles. The van der Waals surface area contributed by atoms with Crippen LogP contribution in [-0.2, 0) is 0 Å². The minimum Gasteiger partial charge on any atom is -0.354 e. The molecule has 82 valence electrons. The molecule has 0 aliphatic carbocycles. The molecule has 1 saturated heterocycles. The largest absolute Gasteiger partial charge is 0.354 e. The zero-order valence-electron chi connectivity index (χ0n) is 8.57. The monoisotopic (exact) mass is 304 g/mol. The summed E-state index contributed by atoms with van der Waals surface area (Å²) in [5, 5.41) is 0. The summed E-state index contributed by atoms with van der Waals surface area (Å²) in [5.74, 6) is 3.43. The van der Waals surface area contributed by atoms with Crippen LogP contribution in [0.5, 0.6) is 0 Å². The molecule has 15 heavy (non-hydrogen) atoms. The smallest absolute Gasteiger partial charge is 0.142 e. The molecule has 0 unspecified atom stereocenters. The molecule has 0 radical (unpaired) electrons. The highest BCUT2D eigenvalue weighted by molar-refractivity contribution is 9.10. The number of pyridine rings is 1. The maximum absolute atomic E-state index is 4.50. The van der Waals surface area contributed by atoms with Crippen molar-refractivity contribution in [2.24, 2.45) is 0 Å². The fourth-order valence-corrected chi connectivity index (χ4v) is 4.19. The Hall–Kier alpha value is 0.130. The lowest BCUT2D eigenvalue weighted by atomic mass is 10.3. The van der Waals surface area contributed by atoms with Crippen LogP contribution in [0.4, 0.5) is 5.82 Å². The van der Waals surface area contributed by atoms with E-state index in [1.165, 1.54) is 17.1 Å². The van der Waals surface area contributed by atoms with Crippen LogP contribution in [0.25, 0.3) is 0 Å². The molecule has 2 heterocycles. The lowest BCUT2D eigenvalue weighted by molar-refractivity contribution is 0.858. The van der Waals surface area contributed by atoms with Crippen molar-refractivity contribution in [1.82, 2.24) is 4.98 Å². The zero-order valence-corrected chi connectivity index (χ0v) is 11.8. The Bertz CT molecular complexity index is 338. The number of aryl methyl sites for hydroxylation is 1. The molecule has 2 rings (SSSR count). The van der Waals surface area contributed by atoms with Gasteiger partial charge >= 0.3 is 0 Å². The number of rotatable bonds is 1. The summed E-state index contributed by atoms with van der Waals surface area (Å²) in [6.07, 6.45) is 1.94. The van der Waals surface area contributed by atoms with Gasteiger partial charge in [-0.1, -0.05) is 21.6 Å². The molecular weight excluding hydrogens is 292 g/mol. The number of hydrogen-bond acceptors (Lipinski definition) is 4. The Morgan fingerprint density at radius 3 is 2.60 bits per heavy atom. The number of hydrogen-bond donors (Lipinski definition) is 0. The molecule has 1 aromatic rings. The van der Waals surface area contributed by atoms with Gasteiger partial charge in [0.15, 0.2) is 0 Å². The van der Waals surface area contributed by atoms with Crippen molar-refractivity contribution in [1.29, 1.82) is 0 Å². The molecule has 5 heteroatoms. The Balaban J connectivity index is 2.19. The van der Waals surface area contributed by atoms with Crippen molar-refractivity contribution in [3.8, 4) is 0 Å². The van der Waals surface area contributed by atoms with Crippen molar-refractivity contribution < 1.29 is 0 Å². The van der Waals surface area contributed by atoms with Crippen LogP contribution in [0.15, 0.2) is 16.7 Å². The summed E-state index contributed by atoms with van der Waals surface area (Å²) in [7, 11) is 3.91. The highest BCUT2D eigenvalue weighted by atomic mass is 79.9. The third kappa shape index (κ3) is 3.04. The second-order valence-corrected chi connectivity index (χ2v) is 7.01. The molecule has 2 nitrogen and oxygen atoms in total. The Kier molecular flexibility index (Phi) is 4.22. The normalized spacial score (nSPS) is 17.6. The summed E-state index contributed by atoms with van der Waals surface area (Å²) in [6.45, 7) is 4.24. The van der Waals surface area contributed by atoms with Crippen LogP contribution < -0.4 is 4.90 Å². The zero-order chi connectivity index (χ0) is 10.7. The third-order valence-corrected chi connectivity index (χ3v) is 5.18. The highest BCUT2D eigenvalue weighted by Gasteiger charge is 2.14. The van der Waals surface area contributed by atoms with Gasteiger partial charge in [0.25, 0.3) is 0 Å². The van der Waals surface area contributed by atoms with E-state index in [2.05, 4.69) is 38.8 Å². The first-order valence-electron chi connectivity index (χ1n) is 4.89. The molecule has 1 aromatic heterocycles. The molecule has 0 spiro atoms. The van der Waals surface area contributed by atoms with E-state index in [9.17, 15) is 0 Å². The van der Waals surface area contributed by atoms with Gasteiger partial charge in [0.1, 0.15) is 5.82 Å². The molecule has 1 fully saturated rings. The van der Waals surface area contributed by atoms with Gasteiger partial charge in [0.05, 0.1) is 4.47 Å². The third-order valence-electron chi connectivity index (χ3n) is 2.23. The topological polar surface area (TPSA) is 16.1 Å². The lowest BCUT2D eigenvalue weighted by Gasteiger charge is -2.21. The van der Waals surface area contributed by atoms with Gasteiger partial charge in [-0.3, -0.25) is 0 Å². The van der Waals surface area contributed by atoms with E-state index in [1.807, 2.05) is 27.8 Å². The van der Waals surface area contributed by atoms with E-state index in [0.29, 0.717) is 0 Å². The molecule has 0 N–H and O–H groups in total. The maximum Gasteiger partial charge on any atom is 0.142 e. The second-order valence-electron chi connectivity index (χ2n) is 3.45. The van der Waals surface area contributed by atoms with Crippen molar-refractivity contribution in [3.63, 3.8) is 0 Å². The molecule has 0 aromatic carbocycles. The first kappa shape index (κ1) is 11.6. The van der Waals surface area contributed by atoms with E-state index in [-0.39, 0.29) is 0 Å². The molecule has 0 atom stereocenters. The minimum atomic E-state index is 1.09. The quantitative estimate of drug-likeness (QED) is 0.739. The van der Waals surface area contributed by atoms with Crippen LogP contribution in [-0.4, -0.2) is 29.6 Å². The summed E-state index contributed by atoms with van der Waals surface area (Å²) in [4.78, 5) is 6.86. The maximum atomic E-state index is 4.50. The Labute approximate surface area is 107 Å². The lowest BCUT2D eigenvalue weighted by Crippen LogP contribution is -2.27.